The second kappa shape index (κ2) is 6.72. The number of nitrogens with zero attached hydrogens (tertiary/aromatic N) is 2. The first-order chi connectivity index (χ1) is 9.94. The van der Waals surface area contributed by atoms with Crippen molar-refractivity contribution < 1.29 is 9.18 Å². The van der Waals surface area contributed by atoms with E-state index in [2.05, 4.69) is 10.4 Å². The summed E-state index contributed by atoms with van der Waals surface area (Å²) in [5.74, 6) is -0.103. The van der Waals surface area contributed by atoms with Crippen LogP contribution in [0.5, 0.6) is 0 Å². The quantitative estimate of drug-likeness (QED) is 0.915. The minimum absolute atomic E-state index is 0.0376. The number of carbonyl (C=O) groups excluding carboxylic acids is 1. The molecule has 1 N–H and O–H groups in total. The molecule has 112 valence electrons. The average molecular weight is 310 g/mol. The van der Waals surface area contributed by atoms with E-state index in [0.29, 0.717) is 29.6 Å². The predicted molar refractivity (Wildman–Crippen MR) is 80.8 cm³/mol. The molecule has 4 nitrogen and oxygen atoms in total. The van der Waals surface area contributed by atoms with E-state index in [1.807, 2.05) is 13.8 Å². The molecule has 0 spiro atoms. The highest BCUT2D eigenvalue weighted by Gasteiger charge is 2.08. The van der Waals surface area contributed by atoms with E-state index in [-0.39, 0.29) is 11.7 Å². The zero-order chi connectivity index (χ0) is 15.4. The molecule has 0 radical (unpaired) electrons. The molecule has 0 atom stereocenters. The van der Waals surface area contributed by atoms with Crippen LogP contribution < -0.4 is 5.32 Å². The molecule has 0 unspecified atom stereocenters. The average Bonchev–Trinajstić information content (AvgIpc) is 2.79. The number of halogens is 2. The van der Waals surface area contributed by atoms with Crippen molar-refractivity contribution >= 4 is 23.2 Å². The van der Waals surface area contributed by atoms with E-state index in [1.54, 1.807) is 23.1 Å². The summed E-state index contributed by atoms with van der Waals surface area (Å²) >= 11 is 5.98. The largest absolute Gasteiger partial charge is 0.323 e. The number of rotatable bonds is 5. The Morgan fingerprint density at radius 2 is 2.24 bits per heavy atom. The SMILES string of the molecule is CC(C)CC(=O)Nc1cnn(Cc2ccc(F)cc2Cl)c1. The maximum atomic E-state index is 13.0. The molecule has 0 saturated heterocycles. The minimum atomic E-state index is -0.370. The van der Waals surface area contributed by atoms with Crippen molar-refractivity contribution in [3.63, 3.8) is 0 Å². The lowest BCUT2D eigenvalue weighted by atomic mass is 10.1. The van der Waals surface area contributed by atoms with Crippen LogP contribution in [-0.4, -0.2) is 15.7 Å². The van der Waals surface area contributed by atoms with Gasteiger partial charge < -0.3 is 5.32 Å². The molecule has 0 aliphatic rings. The Morgan fingerprint density at radius 1 is 1.48 bits per heavy atom. The van der Waals surface area contributed by atoms with Gasteiger partial charge in [0.15, 0.2) is 0 Å². The Morgan fingerprint density at radius 3 is 2.90 bits per heavy atom. The highest BCUT2D eigenvalue weighted by molar-refractivity contribution is 6.31. The summed E-state index contributed by atoms with van der Waals surface area (Å²) < 4.78 is 14.6. The van der Waals surface area contributed by atoms with Crippen LogP contribution in [-0.2, 0) is 11.3 Å². The van der Waals surface area contributed by atoms with Crippen molar-refractivity contribution in [1.29, 1.82) is 0 Å². The molecule has 0 saturated carbocycles. The van der Waals surface area contributed by atoms with Crippen LogP contribution in [0.4, 0.5) is 10.1 Å². The molecule has 1 aromatic carbocycles. The van der Waals surface area contributed by atoms with E-state index in [4.69, 9.17) is 11.6 Å². The first-order valence-electron chi connectivity index (χ1n) is 6.70. The van der Waals surface area contributed by atoms with Gasteiger partial charge in [0.1, 0.15) is 5.82 Å². The van der Waals surface area contributed by atoms with Gasteiger partial charge in [-0.25, -0.2) is 4.39 Å². The molecule has 0 fully saturated rings. The lowest BCUT2D eigenvalue weighted by Crippen LogP contribution is -2.13. The second-order valence-electron chi connectivity index (χ2n) is 5.31. The number of carbonyl (C=O) groups is 1. The van der Waals surface area contributed by atoms with Gasteiger partial charge in [-0.05, 0) is 23.6 Å². The fraction of sp³-hybridized carbons (Fsp3) is 0.333. The van der Waals surface area contributed by atoms with E-state index in [9.17, 15) is 9.18 Å². The Balaban J connectivity index is 2.01. The van der Waals surface area contributed by atoms with Gasteiger partial charge in [-0.2, -0.15) is 5.10 Å². The van der Waals surface area contributed by atoms with Crippen LogP contribution in [0.3, 0.4) is 0 Å². The number of hydrogen-bond donors (Lipinski definition) is 1. The monoisotopic (exact) mass is 309 g/mol. The van der Waals surface area contributed by atoms with E-state index >= 15 is 0 Å². The fourth-order valence-corrected chi connectivity index (χ4v) is 2.15. The van der Waals surface area contributed by atoms with E-state index in [0.717, 1.165) is 5.56 Å². The minimum Gasteiger partial charge on any atom is -0.323 e. The first-order valence-corrected chi connectivity index (χ1v) is 7.08. The molecule has 6 heteroatoms. The summed E-state index contributed by atoms with van der Waals surface area (Å²) in [4.78, 5) is 11.7. The Kier molecular flexibility index (Phi) is 4.96. The van der Waals surface area contributed by atoms with Gasteiger partial charge in [-0.3, -0.25) is 9.48 Å². The Labute approximate surface area is 127 Å². The van der Waals surface area contributed by atoms with Crippen LogP contribution in [0, 0.1) is 11.7 Å². The van der Waals surface area contributed by atoms with Crippen LogP contribution in [0.25, 0.3) is 0 Å². The van der Waals surface area contributed by atoms with Crippen molar-refractivity contribution in [1.82, 2.24) is 9.78 Å². The lowest BCUT2D eigenvalue weighted by Gasteiger charge is -2.05. The molecular formula is C15H17ClFN3O. The Hall–Kier alpha value is -1.88. The van der Waals surface area contributed by atoms with Gasteiger partial charge in [0, 0.05) is 17.6 Å². The van der Waals surface area contributed by atoms with Gasteiger partial charge in [0.05, 0.1) is 18.4 Å². The number of hydrogen-bond acceptors (Lipinski definition) is 2. The summed E-state index contributed by atoms with van der Waals surface area (Å²) in [6.07, 6.45) is 3.77. The molecule has 21 heavy (non-hydrogen) atoms. The summed E-state index contributed by atoms with van der Waals surface area (Å²) in [7, 11) is 0. The number of anilines is 1. The highest BCUT2D eigenvalue weighted by Crippen LogP contribution is 2.19. The number of amides is 1. The van der Waals surface area contributed by atoms with E-state index in [1.165, 1.54) is 12.1 Å². The van der Waals surface area contributed by atoms with Crippen LogP contribution in [0.2, 0.25) is 5.02 Å². The van der Waals surface area contributed by atoms with E-state index < -0.39 is 0 Å². The van der Waals surface area contributed by atoms with Crippen molar-refractivity contribution in [2.75, 3.05) is 5.32 Å². The molecule has 0 aliphatic heterocycles. The number of nitrogens with one attached hydrogen (secondary N) is 1. The predicted octanol–water partition coefficient (Wildman–Crippen LogP) is 3.71. The zero-order valence-corrected chi connectivity index (χ0v) is 12.7. The van der Waals surface area contributed by atoms with Crippen molar-refractivity contribution in [2.45, 2.75) is 26.8 Å². The number of benzene rings is 1. The highest BCUT2D eigenvalue weighted by atomic mass is 35.5. The molecule has 2 rings (SSSR count). The van der Waals surface area contributed by atoms with Gasteiger partial charge >= 0.3 is 0 Å². The third-order valence-electron chi connectivity index (χ3n) is 2.86. The third-order valence-corrected chi connectivity index (χ3v) is 3.21. The van der Waals surface area contributed by atoms with Gasteiger partial charge in [-0.1, -0.05) is 31.5 Å². The summed E-state index contributed by atoms with van der Waals surface area (Å²) in [5, 5.41) is 7.30. The van der Waals surface area contributed by atoms with Crippen LogP contribution in [0.1, 0.15) is 25.8 Å². The van der Waals surface area contributed by atoms with Gasteiger partial charge in [0.25, 0.3) is 0 Å². The van der Waals surface area contributed by atoms with Gasteiger partial charge in [-0.15, -0.1) is 0 Å². The topological polar surface area (TPSA) is 46.9 Å². The van der Waals surface area contributed by atoms with Crippen LogP contribution in [0.15, 0.2) is 30.6 Å². The lowest BCUT2D eigenvalue weighted by molar-refractivity contribution is -0.116. The standard InChI is InChI=1S/C15H17ClFN3O/c1-10(2)5-15(21)19-13-7-18-20(9-13)8-11-3-4-12(17)6-14(11)16/h3-4,6-7,9-10H,5,8H2,1-2H3,(H,19,21). The molecule has 2 aromatic rings. The first kappa shape index (κ1) is 15.5. The fourth-order valence-electron chi connectivity index (χ4n) is 1.92. The normalized spacial score (nSPS) is 10.9. The summed E-state index contributed by atoms with van der Waals surface area (Å²) in [5.41, 5.74) is 1.40. The maximum Gasteiger partial charge on any atom is 0.224 e. The third kappa shape index (κ3) is 4.56. The van der Waals surface area contributed by atoms with Crippen molar-refractivity contribution in [3.05, 3.63) is 47.0 Å². The maximum absolute atomic E-state index is 13.0. The van der Waals surface area contributed by atoms with Crippen molar-refractivity contribution in [2.24, 2.45) is 5.92 Å². The molecule has 1 aromatic heterocycles. The smallest absolute Gasteiger partial charge is 0.224 e. The molecular weight excluding hydrogens is 293 g/mol. The van der Waals surface area contributed by atoms with Gasteiger partial charge in [0.2, 0.25) is 5.91 Å². The number of aromatic nitrogens is 2. The Bertz CT molecular complexity index is 640. The molecule has 1 amide bonds. The molecule has 0 bridgehead atoms. The van der Waals surface area contributed by atoms with Crippen LogP contribution >= 0.6 is 11.6 Å². The molecule has 1 heterocycles. The second-order valence-corrected chi connectivity index (χ2v) is 5.72. The summed E-state index contributed by atoms with van der Waals surface area (Å²) in [6.45, 7) is 4.39. The zero-order valence-electron chi connectivity index (χ0n) is 11.9. The summed E-state index contributed by atoms with van der Waals surface area (Å²) in [6, 6.07) is 4.25. The molecule has 0 aliphatic carbocycles. The van der Waals surface area contributed by atoms with Crippen molar-refractivity contribution in [3.8, 4) is 0 Å².